The molecule has 4 heteroatoms. The van der Waals surface area contributed by atoms with Gasteiger partial charge in [-0.25, -0.2) is 8.42 Å². The van der Waals surface area contributed by atoms with Gasteiger partial charge in [0.15, 0.2) is 0 Å². The standard InChI is InChI=1S/C10H14NO2S/c1-10(2,3)14(12,13)11-9-7-5-4-6-8-9/h4-8H,1-3H3. The summed E-state index contributed by atoms with van der Waals surface area (Å²) in [5, 5.41) is 0. The van der Waals surface area contributed by atoms with Crippen molar-refractivity contribution in [2.24, 2.45) is 0 Å². The molecule has 1 aromatic rings. The highest BCUT2D eigenvalue weighted by Crippen LogP contribution is 2.19. The molecule has 1 radical (unpaired) electrons. The highest BCUT2D eigenvalue weighted by Gasteiger charge is 2.30. The molecule has 0 aromatic heterocycles. The van der Waals surface area contributed by atoms with Gasteiger partial charge in [0, 0.05) is 0 Å². The van der Waals surface area contributed by atoms with E-state index in [0.717, 1.165) is 0 Å². The van der Waals surface area contributed by atoms with Crippen molar-refractivity contribution in [3.63, 3.8) is 0 Å². The molecule has 0 saturated carbocycles. The van der Waals surface area contributed by atoms with Crippen LogP contribution in [0.2, 0.25) is 0 Å². The first-order valence-electron chi connectivity index (χ1n) is 4.35. The Kier molecular flexibility index (Phi) is 2.85. The predicted molar refractivity (Wildman–Crippen MR) is 56.9 cm³/mol. The van der Waals surface area contributed by atoms with Crippen molar-refractivity contribution < 1.29 is 8.42 Å². The molecule has 0 N–H and O–H groups in total. The molecular formula is C10H14NO2S. The second-order valence-electron chi connectivity index (χ2n) is 4.01. The van der Waals surface area contributed by atoms with Gasteiger partial charge in [0.2, 0.25) is 0 Å². The van der Waals surface area contributed by atoms with Gasteiger partial charge in [0.05, 0.1) is 10.4 Å². The molecule has 0 aliphatic carbocycles. The van der Waals surface area contributed by atoms with Crippen molar-refractivity contribution in [3.8, 4) is 0 Å². The average molecular weight is 212 g/mol. The SMILES string of the molecule is CC(C)(C)S(=O)(=O)[N]c1ccccc1. The number of hydrogen-bond acceptors (Lipinski definition) is 2. The number of benzene rings is 1. The van der Waals surface area contributed by atoms with Gasteiger partial charge in [-0.1, -0.05) is 18.2 Å². The second kappa shape index (κ2) is 3.61. The Labute approximate surface area is 85.2 Å². The lowest BCUT2D eigenvalue weighted by Crippen LogP contribution is -2.33. The van der Waals surface area contributed by atoms with Crippen LogP contribution in [0.25, 0.3) is 0 Å². The van der Waals surface area contributed by atoms with E-state index in [2.05, 4.69) is 4.72 Å². The van der Waals surface area contributed by atoms with Gasteiger partial charge in [0.25, 0.3) is 10.0 Å². The van der Waals surface area contributed by atoms with E-state index < -0.39 is 14.8 Å². The third-order valence-electron chi connectivity index (χ3n) is 1.76. The number of sulfonamides is 1. The Morgan fingerprint density at radius 2 is 1.57 bits per heavy atom. The fraction of sp³-hybridized carbons (Fsp3) is 0.400. The minimum absolute atomic E-state index is 0.474. The van der Waals surface area contributed by atoms with Crippen molar-refractivity contribution in [2.45, 2.75) is 25.5 Å². The molecule has 14 heavy (non-hydrogen) atoms. The normalized spacial score (nSPS) is 12.5. The number of rotatable bonds is 2. The maximum absolute atomic E-state index is 11.7. The molecule has 77 valence electrons. The molecule has 0 aliphatic heterocycles. The first-order valence-corrected chi connectivity index (χ1v) is 5.79. The lowest BCUT2D eigenvalue weighted by atomic mass is 10.3. The highest BCUT2D eigenvalue weighted by atomic mass is 32.2. The molecule has 0 amide bonds. The van der Waals surface area contributed by atoms with Gasteiger partial charge in [-0.3, -0.25) is 0 Å². The summed E-state index contributed by atoms with van der Waals surface area (Å²) in [6.45, 7) is 4.90. The van der Waals surface area contributed by atoms with Crippen molar-refractivity contribution in [2.75, 3.05) is 0 Å². The largest absolute Gasteiger partial charge is 0.258 e. The summed E-state index contributed by atoms with van der Waals surface area (Å²) < 4.78 is 26.2. The van der Waals surface area contributed by atoms with Crippen LogP contribution in [-0.2, 0) is 10.0 Å². The summed E-state index contributed by atoms with van der Waals surface area (Å²) in [5.41, 5.74) is 0.474. The lowest BCUT2D eigenvalue weighted by molar-refractivity contribution is 0.554. The van der Waals surface area contributed by atoms with E-state index >= 15 is 0 Å². The van der Waals surface area contributed by atoms with Crippen LogP contribution in [0.15, 0.2) is 30.3 Å². The summed E-state index contributed by atoms with van der Waals surface area (Å²) in [6, 6.07) is 8.68. The summed E-state index contributed by atoms with van der Waals surface area (Å²) in [7, 11) is -3.43. The quantitative estimate of drug-likeness (QED) is 0.753. The molecule has 0 spiro atoms. The second-order valence-corrected chi connectivity index (χ2v) is 6.37. The Balaban J connectivity index is 2.91. The molecule has 0 fully saturated rings. The molecule has 0 aliphatic rings. The third-order valence-corrected chi connectivity index (χ3v) is 3.75. The molecule has 0 atom stereocenters. The maximum atomic E-state index is 11.7. The van der Waals surface area contributed by atoms with E-state index in [1.54, 1.807) is 45.0 Å². The summed E-state index contributed by atoms with van der Waals surface area (Å²) in [4.78, 5) is 0. The van der Waals surface area contributed by atoms with Gasteiger partial charge >= 0.3 is 0 Å². The van der Waals surface area contributed by atoms with E-state index in [-0.39, 0.29) is 0 Å². The first kappa shape index (κ1) is 11.0. The molecule has 0 unspecified atom stereocenters. The first-order chi connectivity index (χ1) is 6.33. The third kappa shape index (κ3) is 2.48. The van der Waals surface area contributed by atoms with E-state index in [9.17, 15) is 8.42 Å². The molecular weight excluding hydrogens is 198 g/mol. The fourth-order valence-corrected chi connectivity index (χ4v) is 1.44. The lowest BCUT2D eigenvalue weighted by Gasteiger charge is -2.17. The zero-order valence-corrected chi connectivity index (χ0v) is 9.38. The van der Waals surface area contributed by atoms with Gasteiger partial charge in [0.1, 0.15) is 0 Å². The van der Waals surface area contributed by atoms with Crippen molar-refractivity contribution in [3.05, 3.63) is 30.3 Å². The van der Waals surface area contributed by atoms with Crippen molar-refractivity contribution in [1.29, 1.82) is 0 Å². The monoisotopic (exact) mass is 212 g/mol. The summed E-state index contributed by atoms with van der Waals surface area (Å²) in [5.74, 6) is 0. The zero-order valence-electron chi connectivity index (χ0n) is 8.56. The van der Waals surface area contributed by atoms with Gasteiger partial charge in [-0.15, -0.1) is 0 Å². The van der Waals surface area contributed by atoms with Crippen LogP contribution in [0.4, 0.5) is 5.69 Å². The van der Waals surface area contributed by atoms with Crippen LogP contribution in [0.1, 0.15) is 20.8 Å². The van der Waals surface area contributed by atoms with Gasteiger partial charge in [-0.05, 0) is 32.9 Å². The summed E-state index contributed by atoms with van der Waals surface area (Å²) >= 11 is 0. The zero-order chi connectivity index (χ0) is 10.8. The van der Waals surface area contributed by atoms with Crippen LogP contribution in [0.3, 0.4) is 0 Å². The van der Waals surface area contributed by atoms with Crippen LogP contribution >= 0.6 is 0 Å². The van der Waals surface area contributed by atoms with Gasteiger partial charge in [-0.2, -0.15) is 4.72 Å². The predicted octanol–water partition coefficient (Wildman–Crippen LogP) is 2.05. The minimum Gasteiger partial charge on any atom is -0.204 e. The Hall–Kier alpha value is -1.03. The van der Waals surface area contributed by atoms with Crippen LogP contribution in [0.5, 0.6) is 0 Å². The molecule has 0 heterocycles. The van der Waals surface area contributed by atoms with Gasteiger partial charge < -0.3 is 0 Å². The number of hydrogen-bond donors (Lipinski definition) is 0. The van der Waals surface area contributed by atoms with E-state index in [1.165, 1.54) is 0 Å². The van der Waals surface area contributed by atoms with Crippen LogP contribution in [0, 0.1) is 0 Å². The topological polar surface area (TPSA) is 48.2 Å². The average Bonchev–Trinajstić information content (AvgIpc) is 2.03. The molecule has 0 bridgehead atoms. The van der Waals surface area contributed by atoms with E-state index in [1.807, 2.05) is 6.07 Å². The Morgan fingerprint density at radius 3 is 2.00 bits per heavy atom. The van der Waals surface area contributed by atoms with E-state index in [4.69, 9.17) is 0 Å². The number of nitrogens with zero attached hydrogens (tertiary/aromatic N) is 1. The summed E-state index contributed by atoms with van der Waals surface area (Å²) in [6.07, 6.45) is 0. The van der Waals surface area contributed by atoms with Crippen LogP contribution < -0.4 is 4.72 Å². The van der Waals surface area contributed by atoms with Crippen molar-refractivity contribution >= 4 is 15.7 Å². The smallest absolute Gasteiger partial charge is 0.204 e. The molecule has 3 nitrogen and oxygen atoms in total. The molecule has 0 saturated heterocycles. The minimum atomic E-state index is -3.43. The molecule has 1 rings (SSSR count). The van der Waals surface area contributed by atoms with Crippen molar-refractivity contribution in [1.82, 2.24) is 4.72 Å². The maximum Gasteiger partial charge on any atom is 0.258 e. The Bertz CT molecular complexity index is 390. The Morgan fingerprint density at radius 1 is 1.07 bits per heavy atom. The highest BCUT2D eigenvalue weighted by molar-refractivity contribution is 7.90. The van der Waals surface area contributed by atoms with E-state index in [0.29, 0.717) is 5.69 Å². The molecule has 1 aromatic carbocycles. The van der Waals surface area contributed by atoms with Crippen LogP contribution in [-0.4, -0.2) is 13.2 Å². The fourth-order valence-electron chi connectivity index (χ4n) is 0.765.